The predicted molar refractivity (Wildman–Crippen MR) is 89.7 cm³/mol. The molecule has 0 aromatic heterocycles. The monoisotopic (exact) mass is 286 g/mol. The van der Waals surface area contributed by atoms with Crippen LogP contribution < -0.4 is 5.32 Å². The van der Waals surface area contributed by atoms with Gasteiger partial charge in [0.2, 0.25) is 0 Å². The molecule has 1 heterocycles. The molecule has 2 nitrogen and oxygen atoms in total. The molecule has 21 heavy (non-hydrogen) atoms. The Morgan fingerprint density at radius 1 is 1.05 bits per heavy atom. The molecular weight excluding hydrogens is 256 g/mol. The Morgan fingerprint density at radius 3 is 2.38 bits per heavy atom. The van der Waals surface area contributed by atoms with Gasteiger partial charge in [-0.15, -0.1) is 0 Å². The molecule has 1 aliphatic heterocycles. The first kappa shape index (κ1) is 15.1. The topological polar surface area (TPSA) is 15.3 Å². The Hall–Kier alpha value is -0.860. The highest BCUT2D eigenvalue weighted by Crippen LogP contribution is 2.32. The molecule has 3 rings (SSSR count). The fourth-order valence-electron chi connectivity index (χ4n) is 4.13. The number of benzene rings is 1. The third-order valence-electron chi connectivity index (χ3n) is 5.25. The van der Waals surface area contributed by atoms with Gasteiger partial charge in [0, 0.05) is 18.6 Å². The summed E-state index contributed by atoms with van der Waals surface area (Å²) in [7, 11) is 0. The van der Waals surface area contributed by atoms with Crippen LogP contribution in [0.25, 0.3) is 0 Å². The number of nitrogens with zero attached hydrogens (tertiary/aromatic N) is 1. The molecule has 0 spiro atoms. The number of hydrogen-bond donors (Lipinski definition) is 1. The van der Waals surface area contributed by atoms with Gasteiger partial charge in [-0.2, -0.15) is 0 Å². The van der Waals surface area contributed by atoms with Gasteiger partial charge in [-0.05, 0) is 70.0 Å². The van der Waals surface area contributed by atoms with Gasteiger partial charge in [0.1, 0.15) is 0 Å². The minimum Gasteiger partial charge on any atom is -0.310 e. The maximum Gasteiger partial charge on any atom is 0.0169 e. The largest absolute Gasteiger partial charge is 0.310 e. The number of likely N-dealkylation sites (tertiary alicyclic amines) is 1. The lowest BCUT2D eigenvalue weighted by molar-refractivity contribution is 0.260. The van der Waals surface area contributed by atoms with Crippen LogP contribution in [-0.2, 0) is 0 Å². The van der Waals surface area contributed by atoms with E-state index in [1.54, 1.807) is 5.56 Å². The van der Waals surface area contributed by atoms with E-state index in [1.165, 1.54) is 58.2 Å². The van der Waals surface area contributed by atoms with E-state index >= 15 is 0 Å². The van der Waals surface area contributed by atoms with Crippen LogP contribution in [0.1, 0.15) is 56.9 Å². The summed E-state index contributed by atoms with van der Waals surface area (Å²) in [5, 5.41) is 3.88. The summed E-state index contributed by atoms with van der Waals surface area (Å²) >= 11 is 0. The minimum atomic E-state index is 0.640. The van der Waals surface area contributed by atoms with Crippen molar-refractivity contribution in [1.29, 1.82) is 0 Å². The Kier molecular flexibility index (Phi) is 5.32. The molecule has 1 atom stereocenters. The Balaban J connectivity index is 1.41. The summed E-state index contributed by atoms with van der Waals surface area (Å²) in [6.07, 6.45) is 8.16. The second kappa shape index (κ2) is 7.42. The van der Waals surface area contributed by atoms with Crippen LogP contribution in [0, 0.1) is 0 Å². The van der Waals surface area contributed by atoms with Crippen LogP contribution in [0.5, 0.6) is 0 Å². The van der Waals surface area contributed by atoms with Gasteiger partial charge in [0.05, 0.1) is 0 Å². The first-order valence-electron chi connectivity index (χ1n) is 8.84. The van der Waals surface area contributed by atoms with E-state index in [-0.39, 0.29) is 0 Å². The highest BCUT2D eigenvalue weighted by atomic mass is 15.2. The smallest absolute Gasteiger partial charge is 0.0169 e. The van der Waals surface area contributed by atoms with Gasteiger partial charge in [-0.1, -0.05) is 30.3 Å². The summed E-state index contributed by atoms with van der Waals surface area (Å²) in [5.74, 6) is 0.790. The second-order valence-electron chi connectivity index (χ2n) is 7.03. The van der Waals surface area contributed by atoms with Crippen molar-refractivity contribution in [3.05, 3.63) is 35.9 Å². The maximum absolute atomic E-state index is 3.88. The van der Waals surface area contributed by atoms with Crippen LogP contribution in [0.3, 0.4) is 0 Å². The van der Waals surface area contributed by atoms with E-state index in [1.807, 2.05) is 0 Å². The van der Waals surface area contributed by atoms with Gasteiger partial charge in [-0.3, -0.25) is 0 Å². The SMILES string of the molecule is CC(CN1CCCC1)NC1CCC(c2ccccc2)CC1. The second-order valence-corrected chi connectivity index (χ2v) is 7.03. The van der Waals surface area contributed by atoms with E-state index in [2.05, 4.69) is 47.5 Å². The molecule has 1 saturated carbocycles. The molecule has 116 valence electrons. The molecule has 0 radical (unpaired) electrons. The normalized spacial score (nSPS) is 28.6. The van der Waals surface area contributed by atoms with Crippen LogP contribution in [-0.4, -0.2) is 36.6 Å². The lowest BCUT2D eigenvalue weighted by Crippen LogP contribution is -2.44. The number of nitrogens with one attached hydrogen (secondary N) is 1. The first-order chi connectivity index (χ1) is 10.3. The summed E-state index contributed by atoms with van der Waals surface area (Å²) in [6, 6.07) is 12.5. The van der Waals surface area contributed by atoms with Crippen molar-refractivity contribution in [2.75, 3.05) is 19.6 Å². The zero-order valence-corrected chi connectivity index (χ0v) is 13.4. The molecule has 1 aromatic rings. The van der Waals surface area contributed by atoms with Crippen molar-refractivity contribution < 1.29 is 0 Å². The van der Waals surface area contributed by atoms with Crippen molar-refractivity contribution in [3.63, 3.8) is 0 Å². The molecule has 1 unspecified atom stereocenters. The predicted octanol–water partition coefficient (Wildman–Crippen LogP) is 3.79. The van der Waals surface area contributed by atoms with Gasteiger partial charge in [-0.25, -0.2) is 0 Å². The zero-order chi connectivity index (χ0) is 14.5. The molecule has 1 aliphatic carbocycles. The van der Waals surface area contributed by atoms with Gasteiger partial charge in [0.25, 0.3) is 0 Å². The molecule has 1 N–H and O–H groups in total. The third-order valence-corrected chi connectivity index (χ3v) is 5.25. The van der Waals surface area contributed by atoms with Crippen LogP contribution >= 0.6 is 0 Å². The first-order valence-corrected chi connectivity index (χ1v) is 8.84. The molecule has 2 heteroatoms. The minimum absolute atomic E-state index is 0.640. The highest BCUT2D eigenvalue weighted by Gasteiger charge is 2.24. The van der Waals surface area contributed by atoms with Crippen LogP contribution in [0.15, 0.2) is 30.3 Å². The fourth-order valence-corrected chi connectivity index (χ4v) is 4.13. The average molecular weight is 286 g/mol. The van der Waals surface area contributed by atoms with Gasteiger partial charge < -0.3 is 10.2 Å². The summed E-state index contributed by atoms with van der Waals surface area (Å²) in [6.45, 7) is 6.22. The molecule has 0 bridgehead atoms. The summed E-state index contributed by atoms with van der Waals surface area (Å²) in [4.78, 5) is 2.62. The van der Waals surface area contributed by atoms with Gasteiger partial charge in [0.15, 0.2) is 0 Å². The Bertz CT molecular complexity index is 403. The zero-order valence-electron chi connectivity index (χ0n) is 13.4. The van der Waals surface area contributed by atoms with E-state index in [0.29, 0.717) is 6.04 Å². The summed E-state index contributed by atoms with van der Waals surface area (Å²) in [5.41, 5.74) is 1.54. The van der Waals surface area contributed by atoms with Crippen molar-refractivity contribution in [2.24, 2.45) is 0 Å². The van der Waals surface area contributed by atoms with Crippen molar-refractivity contribution in [3.8, 4) is 0 Å². The lowest BCUT2D eigenvalue weighted by atomic mass is 9.81. The molecular formula is C19H30N2. The van der Waals surface area contributed by atoms with Crippen molar-refractivity contribution >= 4 is 0 Å². The van der Waals surface area contributed by atoms with E-state index in [9.17, 15) is 0 Å². The number of hydrogen-bond acceptors (Lipinski definition) is 2. The van der Waals surface area contributed by atoms with Crippen LogP contribution in [0.4, 0.5) is 0 Å². The average Bonchev–Trinajstić information content (AvgIpc) is 3.02. The van der Waals surface area contributed by atoms with E-state index in [0.717, 1.165) is 12.0 Å². The van der Waals surface area contributed by atoms with Crippen molar-refractivity contribution in [1.82, 2.24) is 10.2 Å². The molecule has 1 aromatic carbocycles. The fraction of sp³-hybridized carbons (Fsp3) is 0.684. The third kappa shape index (κ3) is 4.31. The molecule has 0 amide bonds. The lowest BCUT2D eigenvalue weighted by Gasteiger charge is -2.32. The van der Waals surface area contributed by atoms with Crippen molar-refractivity contribution in [2.45, 2.75) is 63.5 Å². The maximum atomic E-state index is 3.88. The Morgan fingerprint density at radius 2 is 1.71 bits per heavy atom. The molecule has 2 fully saturated rings. The quantitative estimate of drug-likeness (QED) is 0.886. The Labute approximate surface area is 129 Å². The molecule has 1 saturated heterocycles. The highest BCUT2D eigenvalue weighted by molar-refractivity contribution is 5.20. The number of rotatable bonds is 5. The van der Waals surface area contributed by atoms with E-state index in [4.69, 9.17) is 0 Å². The van der Waals surface area contributed by atoms with Gasteiger partial charge >= 0.3 is 0 Å². The summed E-state index contributed by atoms with van der Waals surface area (Å²) < 4.78 is 0. The van der Waals surface area contributed by atoms with E-state index < -0.39 is 0 Å². The van der Waals surface area contributed by atoms with Crippen LogP contribution in [0.2, 0.25) is 0 Å². The molecule has 2 aliphatic rings. The standard InChI is InChI=1S/C19H30N2/c1-16(15-21-13-5-6-14-21)20-19-11-9-18(10-12-19)17-7-3-2-4-8-17/h2-4,7-8,16,18-20H,5-6,9-15H2,1H3.